The molecule has 0 radical (unpaired) electrons. The van der Waals surface area contributed by atoms with Crippen molar-refractivity contribution in [3.05, 3.63) is 64.0 Å². The third-order valence-electron chi connectivity index (χ3n) is 6.58. The van der Waals surface area contributed by atoms with E-state index in [4.69, 9.17) is 11.6 Å². The average molecular weight is 600 g/mol. The van der Waals surface area contributed by atoms with E-state index in [2.05, 4.69) is 15.0 Å². The molecule has 1 unspecified atom stereocenters. The Morgan fingerprint density at radius 2 is 1.44 bits per heavy atom. The zero-order valence-electron chi connectivity index (χ0n) is 22.2. The van der Waals surface area contributed by atoms with Gasteiger partial charge in [-0.05, 0) is 67.7 Å². The van der Waals surface area contributed by atoms with Gasteiger partial charge >= 0.3 is 18.5 Å². The van der Waals surface area contributed by atoms with Crippen LogP contribution in [0.15, 0.2) is 35.6 Å². The van der Waals surface area contributed by atoms with Crippen LogP contribution in [0, 0.1) is 0 Å². The van der Waals surface area contributed by atoms with Crippen LogP contribution < -0.4 is 11.6 Å². The van der Waals surface area contributed by atoms with Crippen molar-refractivity contribution in [2.45, 2.75) is 63.8 Å². The van der Waals surface area contributed by atoms with Gasteiger partial charge in [-0.1, -0.05) is 6.92 Å². The number of likely N-dealkylation sites (tertiary alicyclic amines) is 1. The van der Waals surface area contributed by atoms with E-state index in [1.54, 1.807) is 0 Å². The molecule has 1 aliphatic rings. The highest BCUT2D eigenvalue weighted by molar-refractivity contribution is 5.77. The standard InChI is InChI=1S/C25H30F9N7/c1-3-20(40-6-4-5-7-40)21-16(10-19(12-37-21)25(32,33)34)14-41(22(35)38-39(2)36)13-15-8-17(23(26,27)28)11-18(9-15)24(29,30)31/h8-12,20H,3-7,13-14,36H2,1-2H3,(H2,35,38). The van der Waals surface area contributed by atoms with Crippen LogP contribution in [0.3, 0.4) is 0 Å². The first-order valence-corrected chi connectivity index (χ1v) is 12.6. The summed E-state index contributed by atoms with van der Waals surface area (Å²) in [5, 5.41) is 4.54. The summed E-state index contributed by atoms with van der Waals surface area (Å²) >= 11 is 0. The topological polar surface area (TPSA) is 87.0 Å². The summed E-state index contributed by atoms with van der Waals surface area (Å²) in [7, 11) is 1.26. The minimum atomic E-state index is -5.10. The molecule has 0 saturated carbocycles. The molecule has 0 spiro atoms. The molecule has 3 rings (SSSR count). The van der Waals surface area contributed by atoms with E-state index in [1.165, 1.54) is 7.05 Å². The molecule has 1 atom stereocenters. The maximum Gasteiger partial charge on any atom is 0.417 e. The lowest BCUT2D eigenvalue weighted by atomic mass is 10.0. The Morgan fingerprint density at radius 3 is 1.90 bits per heavy atom. The van der Waals surface area contributed by atoms with Gasteiger partial charge in [0.15, 0.2) is 0 Å². The maximum atomic E-state index is 13.7. The smallest absolute Gasteiger partial charge is 0.368 e. The molecule has 228 valence electrons. The van der Waals surface area contributed by atoms with E-state index < -0.39 is 59.8 Å². The first-order chi connectivity index (χ1) is 18.9. The molecule has 1 fully saturated rings. The number of guanidine groups is 1. The van der Waals surface area contributed by atoms with Crippen LogP contribution in [0.25, 0.3) is 0 Å². The molecule has 0 aliphatic carbocycles. The molecule has 1 aromatic heterocycles. The summed E-state index contributed by atoms with van der Waals surface area (Å²) < 4.78 is 122. The predicted molar refractivity (Wildman–Crippen MR) is 132 cm³/mol. The van der Waals surface area contributed by atoms with Crippen molar-refractivity contribution >= 4 is 5.96 Å². The number of hydrazine groups is 1. The number of aromatic nitrogens is 1. The number of hydrazone groups is 1. The van der Waals surface area contributed by atoms with Crippen molar-refractivity contribution in [2.24, 2.45) is 16.7 Å². The third-order valence-corrected chi connectivity index (χ3v) is 6.58. The van der Waals surface area contributed by atoms with Gasteiger partial charge in [0.1, 0.15) is 0 Å². The summed E-state index contributed by atoms with van der Waals surface area (Å²) in [5.74, 6) is 5.07. The van der Waals surface area contributed by atoms with Crippen molar-refractivity contribution in [1.82, 2.24) is 19.9 Å². The van der Waals surface area contributed by atoms with Gasteiger partial charge < -0.3 is 10.6 Å². The van der Waals surface area contributed by atoms with Crippen molar-refractivity contribution in [1.29, 1.82) is 0 Å². The van der Waals surface area contributed by atoms with Crippen LogP contribution >= 0.6 is 0 Å². The lowest BCUT2D eigenvalue weighted by Gasteiger charge is -2.31. The molecule has 7 nitrogen and oxygen atoms in total. The van der Waals surface area contributed by atoms with E-state index in [-0.39, 0.29) is 17.7 Å². The Labute approximate surface area is 230 Å². The number of benzene rings is 1. The molecule has 2 aromatic rings. The molecule has 1 aliphatic heterocycles. The number of hydrogen-bond acceptors (Lipinski definition) is 5. The van der Waals surface area contributed by atoms with Gasteiger partial charge in [-0.15, -0.1) is 5.10 Å². The van der Waals surface area contributed by atoms with Gasteiger partial charge in [0.2, 0.25) is 5.96 Å². The Hall–Kier alpha value is -3.27. The monoisotopic (exact) mass is 599 g/mol. The zero-order valence-corrected chi connectivity index (χ0v) is 22.2. The summed E-state index contributed by atoms with van der Waals surface area (Å²) in [6, 6.07) is 1.51. The summed E-state index contributed by atoms with van der Waals surface area (Å²) in [6.07, 6.45) is -12.0. The van der Waals surface area contributed by atoms with Crippen LogP contribution in [0.4, 0.5) is 39.5 Å². The maximum absolute atomic E-state index is 13.7. The van der Waals surface area contributed by atoms with Gasteiger partial charge in [-0.25, -0.2) is 11.0 Å². The van der Waals surface area contributed by atoms with Gasteiger partial charge in [-0.2, -0.15) is 39.5 Å². The van der Waals surface area contributed by atoms with E-state index in [1.807, 2.05) is 6.92 Å². The van der Waals surface area contributed by atoms with Gasteiger partial charge in [0.25, 0.3) is 0 Å². The highest BCUT2D eigenvalue weighted by atomic mass is 19.4. The Morgan fingerprint density at radius 1 is 0.902 bits per heavy atom. The molecule has 0 amide bonds. The number of halogens is 9. The molecule has 4 N–H and O–H groups in total. The third kappa shape index (κ3) is 8.38. The summed E-state index contributed by atoms with van der Waals surface area (Å²) in [6.45, 7) is 2.10. The molecule has 1 saturated heterocycles. The Bertz CT molecular complexity index is 1190. The number of rotatable bonds is 8. The Balaban J connectivity index is 2.14. The largest absolute Gasteiger partial charge is 0.417 e. The van der Waals surface area contributed by atoms with E-state index in [9.17, 15) is 39.5 Å². The number of nitrogens with zero attached hydrogens (tertiary/aromatic N) is 5. The molecule has 1 aromatic carbocycles. The van der Waals surface area contributed by atoms with Crippen LogP contribution in [0.5, 0.6) is 0 Å². The van der Waals surface area contributed by atoms with Crippen LogP contribution in [0.2, 0.25) is 0 Å². The fourth-order valence-corrected chi connectivity index (χ4v) is 4.76. The van der Waals surface area contributed by atoms with Crippen LogP contribution in [-0.2, 0) is 31.6 Å². The van der Waals surface area contributed by atoms with Gasteiger partial charge in [-0.3, -0.25) is 9.88 Å². The summed E-state index contributed by atoms with van der Waals surface area (Å²) in [4.78, 5) is 7.25. The lowest BCUT2D eigenvalue weighted by Crippen LogP contribution is -2.40. The SMILES string of the molecule is CCC(c1ncc(C(F)(F)F)cc1CN(Cc1cc(C(F)(F)F)cc(C(F)(F)F)c1)/C(N)=N/N(C)N)N1CCCC1. The second-order valence-corrected chi connectivity index (χ2v) is 9.74. The van der Waals surface area contributed by atoms with Crippen molar-refractivity contribution in [3.63, 3.8) is 0 Å². The summed E-state index contributed by atoms with van der Waals surface area (Å²) in [5.41, 5.74) is 1.75. The van der Waals surface area contributed by atoms with E-state index in [0.29, 0.717) is 43.5 Å². The fourth-order valence-electron chi connectivity index (χ4n) is 4.76. The number of hydrogen-bond donors (Lipinski definition) is 2. The molecule has 16 heteroatoms. The van der Waals surface area contributed by atoms with Crippen molar-refractivity contribution in [2.75, 3.05) is 20.1 Å². The number of nitrogens with two attached hydrogens (primary N) is 2. The van der Waals surface area contributed by atoms with E-state index >= 15 is 0 Å². The molecular formula is C25H30F9N7. The lowest BCUT2D eigenvalue weighted by molar-refractivity contribution is -0.143. The second-order valence-electron chi connectivity index (χ2n) is 9.74. The first kappa shape index (κ1) is 32.2. The van der Waals surface area contributed by atoms with Crippen molar-refractivity contribution < 1.29 is 39.5 Å². The highest BCUT2D eigenvalue weighted by Gasteiger charge is 2.38. The average Bonchev–Trinajstić information content (AvgIpc) is 3.37. The van der Waals surface area contributed by atoms with Crippen molar-refractivity contribution in [3.8, 4) is 0 Å². The van der Waals surface area contributed by atoms with Crippen LogP contribution in [0.1, 0.15) is 65.7 Å². The molecular weight excluding hydrogens is 569 g/mol. The molecule has 0 bridgehead atoms. The Kier molecular flexibility index (Phi) is 9.68. The highest BCUT2D eigenvalue weighted by Crippen LogP contribution is 2.38. The normalized spacial score (nSPS) is 16.2. The van der Waals surface area contributed by atoms with E-state index in [0.717, 1.165) is 28.9 Å². The molecule has 41 heavy (non-hydrogen) atoms. The first-order valence-electron chi connectivity index (χ1n) is 12.6. The number of pyridine rings is 1. The van der Waals surface area contributed by atoms with Crippen LogP contribution in [-0.4, -0.2) is 46.0 Å². The minimum absolute atomic E-state index is 0.0182. The van der Waals surface area contributed by atoms with Gasteiger partial charge in [0.05, 0.1) is 28.4 Å². The predicted octanol–water partition coefficient (Wildman–Crippen LogP) is 5.72. The fraction of sp³-hybridized carbons (Fsp3) is 0.520. The quantitative estimate of drug-likeness (QED) is 0.133. The minimum Gasteiger partial charge on any atom is -0.368 e. The molecule has 2 heterocycles. The number of alkyl halides is 9. The van der Waals surface area contributed by atoms with Gasteiger partial charge in [0, 0.05) is 26.3 Å². The second kappa shape index (κ2) is 12.3. The zero-order chi connectivity index (χ0) is 30.8.